The summed E-state index contributed by atoms with van der Waals surface area (Å²) >= 11 is 0. The lowest BCUT2D eigenvalue weighted by molar-refractivity contribution is 0.330. The van der Waals surface area contributed by atoms with Gasteiger partial charge in [0.25, 0.3) is 0 Å². The van der Waals surface area contributed by atoms with E-state index in [9.17, 15) is 102 Å². The molecule has 0 unspecified atom stereocenters. The van der Waals surface area contributed by atoms with E-state index in [1.807, 2.05) is 0 Å². The third-order valence-corrected chi connectivity index (χ3v) is 8.23. The van der Waals surface area contributed by atoms with E-state index in [-0.39, 0.29) is 0 Å². The van der Waals surface area contributed by atoms with Crippen molar-refractivity contribution >= 4 is 32.3 Å². The fourth-order valence-corrected chi connectivity index (χ4v) is 5.92. The molecule has 0 aliphatic heterocycles. The first kappa shape index (κ1) is 32.1. The predicted molar refractivity (Wildman–Crippen MR) is 163 cm³/mol. The summed E-state index contributed by atoms with van der Waals surface area (Å²) in [5.41, 5.74) is -5.13. The molecule has 0 radical (unpaired) electrons. The van der Waals surface area contributed by atoms with Crippen LogP contribution in [-0.4, -0.2) is 102 Å². The number of fused-ring (bicyclic) bond motifs is 3. The van der Waals surface area contributed by atoms with Gasteiger partial charge in [0, 0.05) is 43.6 Å². The minimum atomic E-state index is -1.64. The van der Waals surface area contributed by atoms with E-state index in [1.165, 1.54) is 0 Å². The predicted octanol–water partition coefficient (Wildman–Crippen LogP) is 2.59. The molecule has 20 nitrogen and oxygen atoms in total. The summed E-state index contributed by atoms with van der Waals surface area (Å²) in [5, 5.41) is 207. The van der Waals surface area contributed by atoms with Gasteiger partial charge in [-0.2, -0.15) is 0 Å². The van der Waals surface area contributed by atoms with Crippen molar-refractivity contribution in [2.45, 2.75) is 0 Å². The second-order valence-corrected chi connectivity index (χ2v) is 10.7. The van der Waals surface area contributed by atoms with Gasteiger partial charge in [-0.25, -0.2) is 0 Å². The van der Waals surface area contributed by atoms with Crippen LogP contribution in [0.5, 0.6) is 115 Å². The van der Waals surface area contributed by atoms with Crippen LogP contribution in [0.2, 0.25) is 0 Å². The number of aromatic hydroxyl groups is 20. The van der Waals surface area contributed by atoms with Gasteiger partial charge in [0.15, 0.2) is 57.5 Å². The Morgan fingerprint density at radius 3 is 0.580 bits per heavy atom. The van der Waals surface area contributed by atoms with Crippen molar-refractivity contribution in [3.8, 4) is 137 Å². The highest BCUT2D eigenvalue weighted by atomic mass is 16.4. The molecule has 6 aromatic carbocycles. The quantitative estimate of drug-likeness (QED) is 0.0700. The summed E-state index contributed by atoms with van der Waals surface area (Å²) in [6.45, 7) is 0. The molecule has 0 amide bonds. The second kappa shape index (κ2) is 9.80. The summed E-state index contributed by atoms with van der Waals surface area (Å²) in [7, 11) is 0. The van der Waals surface area contributed by atoms with Gasteiger partial charge in [0.2, 0.25) is 57.5 Å². The minimum Gasteiger partial charge on any atom is -0.504 e. The first-order chi connectivity index (χ1) is 23.2. The molecule has 0 bridgehead atoms. The van der Waals surface area contributed by atoms with Crippen molar-refractivity contribution in [2.24, 2.45) is 0 Å². The molecular formula is C30H20O20. The van der Waals surface area contributed by atoms with Crippen LogP contribution in [0.15, 0.2) is 0 Å². The lowest BCUT2D eigenvalue weighted by Crippen LogP contribution is -1.97. The van der Waals surface area contributed by atoms with Crippen molar-refractivity contribution in [3.05, 3.63) is 0 Å². The standard InChI is InChI=1S/C30H20O20/c31-11-5(8-10(19(39)21(11)41)20(40)27(47)26(46)16(8)36)1-3-6(14(34)24(44)22(42)12(3)32)2(7-4(1)13(33)23(43)25(45)15(7)35)9-17(37)28(48)30(50)29(49)18(9)38/h31-50H. The van der Waals surface area contributed by atoms with Crippen LogP contribution >= 0.6 is 0 Å². The molecule has 0 atom stereocenters. The third kappa shape index (κ3) is 3.51. The average molecular weight is 700 g/mol. The van der Waals surface area contributed by atoms with Crippen LogP contribution in [0, 0.1) is 0 Å². The summed E-state index contributed by atoms with van der Waals surface area (Å²) in [4.78, 5) is 0. The Labute approximate surface area is 271 Å². The van der Waals surface area contributed by atoms with E-state index < -0.39 is 170 Å². The molecule has 6 rings (SSSR count). The zero-order valence-corrected chi connectivity index (χ0v) is 23.9. The van der Waals surface area contributed by atoms with Crippen molar-refractivity contribution in [1.82, 2.24) is 0 Å². The maximum Gasteiger partial charge on any atom is 0.208 e. The Bertz CT molecular complexity index is 2470. The number of rotatable bonds is 2. The van der Waals surface area contributed by atoms with Crippen LogP contribution < -0.4 is 0 Å². The summed E-state index contributed by atoms with van der Waals surface area (Å²) < 4.78 is 0. The molecule has 6 aromatic rings. The highest BCUT2D eigenvalue weighted by molar-refractivity contribution is 6.32. The molecule has 0 saturated heterocycles. The normalized spacial score (nSPS) is 11.6. The summed E-state index contributed by atoms with van der Waals surface area (Å²) in [6.07, 6.45) is 0. The maximum absolute atomic E-state index is 11.3. The molecule has 0 fully saturated rings. The van der Waals surface area contributed by atoms with Gasteiger partial charge in [-0.3, -0.25) is 0 Å². The zero-order valence-electron chi connectivity index (χ0n) is 23.9. The van der Waals surface area contributed by atoms with Crippen LogP contribution in [-0.2, 0) is 0 Å². The topological polar surface area (TPSA) is 405 Å². The maximum atomic E-state index is 11.3. The van der Waals surface area contributed by atoms with Gasteiger partial charge in [-0.1, -0.05) is 0 Å². The van der Waals surface area contributed by atoms with Crippen molar-refractivity contribution in [2.75, 3.05) is 0 Å². The first-order valence-corrected chi connectivity index (χ1v) is 13.2. The summed E-state index contributed by atoms with van der Waals surface area (Å²) in [6, 6.07) is 0. The largest absolute Gasteiger partial charge is 0.504 e. The van der Waals surface area contributed by atoms with E-state index in [0.717, 1.165) is 0 Å². The molecule has 0 saturated carbocycles. The molecule has 0 aromatic heterocycles. The smallest absolute Gasteiger partial charge is 0.208 e. The first-order valence-electron chi connectivity index (χ1n) is 13.2. The molecule has 0 spiro atoms. The van der Waals surface area contributed by atoms with Crippen LogP contribution in [0.3, 0.4) is 0 Å². The fraction of sp³-hybridized carbons (Fsp3) is 0. The molecule has 20 heteroatoms. The molecule has 0 heterocycles. The zero-order chi connectivity index (χ0) is 37.3. The third-order valence-electron chi connectivity index (χ3n) is 8.23. The SMILES string of the molecule is Oc1c(O)c(O)c(-c2c3c(O)c(O)c(O)c(O)c3c(-c3c(O)c(O)c(O)c4c(O)c(O)c(O)c(O)c34)c3c(O)c(O)c(O)c(O)c23)c(O)c1O. The van der Waals surface area contributed by atoms with E-state index in [1.54, 1.807) is 0 Å². The van der Waals surface area contributed by atoms with Gasteiger partial charge in [-0.15, -0.1) is 0 Å². The Morgan fingerprint density at radius 2 is 0.280 bits per heavy atom. The van der Waals surface area contributed by atoms with Gasteiger partial charge in [0.05, 0.1) is 10.9 Å². The lowest BCUT2D eigenvalue weighted by Gasteiger charge is -2.25. The highest BCUT2D eigenvalue weighted by Crippen LogP contribution is 2.68. The molecule has 260 valence electrons. The van der Waals surface area contributed by atoms with Gasteiger partial charge < -0.3 is 102 Å². The Kier molecular flexibility index (Phi) is 6.29. The monoisotopic (exact) mass is 700 g/mol. The van der Waals surface area contributed by atoms with E-state index >= 15 is 0 Å². The van der Waals surface area contributed by atoms with E-state index in [0.29, 0.717) is 0 Å². The van der Waals surface area contributed by atoms with Gasteiger partial charge >= 0.3 is 0 Å². The van der Waals surface area contributed by atoms with E-state index in [2.05, 4.69) is 0 Å². The number of benzene rings is 6. The van der Waals surface area contributed by atoms with Crippen molar-refractivity contribution in [3.63, 3.8) is 0 Å². The molecule has 0 aliphatic carbocycles. The minimum absolute atomic E-state index is 1.20. The molecular weight excluding hydrogens is 680 g/mol. The molecule has 50 heavy (non-hydrogen) atoms. The van der Waals surface area contributed by atoms with Crippen LogP contribution in [0.4, 0.5) is 0 Å². The number of hydrogen-bond donors (Lipinski definition) is 20. The number of phenols is 20. The second-order valence-electron chi connectivity index (χ2n) is 10.7. The Balaban J connectivity index is 2.16. The van der Waals surface area contributed by atoms with Crippen LogP contribution in [0.1, 0.15) is 0 Å². The van der Waals surface area contributed by atoms with Crippen LogP contribution in [0.25, 0.3) is 54.6 Å². The van der Waals surface area contributed by atoms with E-state index in [4.69, 9.17) is 0 Å². The summed E-state index contributed by atoms with van der Waals surface area (Å²) in [5.74, 6) is -32.0. The van der Waals surface area contributed by atoms with Crippen molar-refractivity contribution < 1.29 is 102 Å². The molecule has 0 aliphatic rings. The molecule has 20 N–H and O–H groups in total. The van der Waals surface area contributed by atoms with Gasteiger partial charge in [0.1, 0.15) is 0 Å². The number of hydrogen-bond acceptors (Lipinski definition) is 20. The Hall–Kier alpha value is -7.90. The lowest BCUT2D eigenvalue weighted by atomic mass is 9.81. The number of phenolic OH excluding ortho intramolecular Hbond substituents is 20. The van der Waals surface area contributed by atoms with Gasteiger partial charge in [-0.05, 0) is 0 Å². The fourth-order valence-electron chi connectivity index (χ4n) is 5.92. The highest BCUT2D eigenvalue weighted by Gasteiger charge is 2.38. The van der Waals surface area contributed by atoms with Crippen molar-refractivity contribution in [1.29, 1.82) is 0 Å². The average Bonchev–Trinajstić information content (AvgIpc) is 3.09. The Morgan fingerprint density at radius 1 is 0.120 bits per heavy atom.